The third-order valence-electron chi connectivity index (χ3n) is 27.8. The number of aryl methyl sites for hydroxylation is 1. The van der Waals surface area contributed by atoms with Gasteiger partial charge in [0.15, 0.2) is 11.6 Å². The molecule has 17 aliphatic carbocycles. The van der Waals surface area contributed by atoms with Gasteiger partial charge in [0.25, 0.3) is 0 Å². The highest BCUT2D eigenvalue weighted by atomic mass is 19.3. The van der Waals surface area contributed by atoms with E-state index in [1.165, 1.54) is 36.8 Å². The van der Waals surface area contributed by atoms with Crippen LogP contribution in [0.25, 0.3) is 0 Å². The molecule has 116 heavy (non-hydrogen) atoms. The van der Waals surface area contributed by atoms with E-state index in [9.17, 15) is 96.6 Å². The number of cyclic esters (lactones) is 1. The molecule has 12 atom stereocenters. The van der Waals surface area contributed by atoms with Crippen LogP contribution in [0.5, 0.6) is 0 Å². The van der Waals surface area contributed by atoms with Gasteiger partial charge in [0.1, 0.15) is 49.2 Å². The summed E-state index contributed by atoms with van der Waals surface area (Å²) in [6.45, 7) is 4.68. The van der Waals surface area contributed by atoms with E-state index in [4.69, 9.17) is 28.4 Å². The minimum absolute atomic E-state index is 0.0766. The molecule has 1 aromatic carbocycles. The van der Waals surface area contributed by atoms with E-state index in [2.05, 4.69) is 54.9 Å². The lowest BCUT2D eigenvalue weighted by atomic mass is 9.43. The molecular formula is C84H106F10O22. The van der Waals surface area contributed by atoms with Crippen molar-refractivity contribution in [1.82, 2.24) is 0 Å². The lowest BCUT2D eigenvalue weighted by Gasteiger charge is -2.62. The predicted molar refractivity (Wildman–Crippen MR) is 381 cm³/mol. The fourth-order valence-electron chi connectivity index (χ4n) is 23.7. The first kappa shape index (κ1) is 87.0. The Bertz CT molecular complexity index is 3760. The molecule has 20 fully saturated rings. The van der Waals surface area contributed by atoms with Gasteiger partial charge in [0.2, 0.25) is 12.4 Å². The van der Waals surface area contributed by atoms with Crippen molar-refractivity contribution in [3.05, 3.63) is 35.4 Å². The van der Waals surface area contributed by atoms with Gasteiger partial charge in [-0.25, -0.2) is 28.8 Å². The number of Topliss-reactive ketones (excluding diaryl/α,β-unsaturated/α-hetero) is 3. The van der Waals surface area contributed by atoms with Crippen molar-refractivity contribution in [3.63, 3.8) is 0 Å². The third kappa shape index (κ3) is 18.8. The normalized spacial score (nSPS) is 37.8. The van der Waals surface area contributed by atoms with Crippen LogP contribution in [-0.2, 0) is 110 Å². The van der Waals surface area contributed by atoms with Crippen molar-refractivity contribution in [2.75, 3.05) is 39.6 Å². The molecule has 16 bridgehead atoms. The van der Waals surface area contributed by atoms with Crippen LogP contribution in [0.15, 0.2) is 24.3 Å². The van der Waals surface area contributed by atoms with Gasteiger partial charge in [-0.05, 0) is 201 Å². The van der Waals surface area contributed by atoms with Gasteiger partial charge < -0.3 is 52.1 Å². The Labute approximate surface area is 666 Å². The number of esters is 8. The number of hydrogen-bond acceptors (Lipinski definition) is 22. The quantitative estimate of drug-likeness (QED) is 0.0706. The standard InChI is InChI=1S/C39H48F2O10.C21H26F2O2.C10H16F2O2.2C7H8F2O4/c1-35(40,41)32(44)51-38-10-21-6-26(15-38)39(27(7-21)16-38)49-28(17-47-33(45)36-8-19-2-22(11-36)30(42)23(3-19)12-36)29(50-39)18-48-34(46)37-9-20-4-24(13-37)31(43)25(5-20)14-37;1-14-3-5-17(6-4-14)21-10-15-7-16(11-21)9-20(8-15,12-21)13-25-18(24)19(2,22)23;1-10(11,12)9(13)14-7-8-5-3-2-4-6-8;1-7(8,9)6(11)13-5-2-4(10)3-12-5;1-7(8,9)6(11)13-4-2-3-12-5(4)10/h19-29H,2-18H2,1H3;3-6,15-16H,7-13H2,1-2H3;8H,2-7H2,1H3;5H,2-3H2,1H3;4H,2-3H2,1H3. The van der Waals surface area contributed by atoms with E-state index in [-0.39, 0.29) is 128 Å². The maximum absolute atomic E-state index is 14.0. The van der Waals surface area contributed by atoms with Crippen LogP contribution in [0, 0.1) is 94.2 Å². The first-order valence-electron chi connectivity index (χ1n) is 41.2. The molecular weight excluding hydrogens is 1550 g/mol. The summed E-state index contributed by atoms with van der Waals surface area (Å²) in [5.74, 6) is -25.7. The first-order chi connectivity index (χ1) is 54.2. The van der Waals surface area contributed by atoms with Crippen molar-refractivity contribution >= 4 is 65.1 Å². The number of ketones is 3. The monoisotopic (exact) mass is 1660 g/mol. The molecule has 1 aromatic rings. The molecule has 644 valence electrons. The van der Waals surface area contributed by atoms with Gasteiger partial charge in [-0.1, -0.05) is 49.1 Å². The van der Waals surface area contributed by atoms with Gasteiger partial charge in [-0.2, -0.15) is 43.9 Å². The van der Waals surface area contributed by atoms with Crippen LogP contribution >= 0.6 is 0 Å². The lowest BCUT2D eigenvalue weighted by molar-refractivity contribution is -0.326. The molecule has 21 rings (SSSR count). The highest BCUT2D eigenvalue weighted by Crippen LogP contribution is 2.68. The zero-order valence-electron chi connectivity index (χ0n) is 66.3. The van der Waals surface area contributed by atoms with E-state index in [0.29, 0.717) is 115 Å². The van der Waals surface area contributed by atoms with Gasteiger partial charge in [-0.3, -0.25) is 24.0 Å². The largest absolute Gasteiger partial charge is 0.463 e. The second kappa shape index (κ2) is 32.6. The second-order valence-electron chi connectivity index (χ2n) is 37.7. The highest BCUT2D eigenvalue weighted by molar-refractivity contribution is 5.91. The fourth-order valence-corrected chi connectivity index (χ4v) is 23.7. The molecule has 3 aliphatic heterocycles. The summed E-state index contributed by atoms with van der Waals surface area (Å²) in [7, 11) is 0. The molecule has 0 radical (unpaired) electrons. The molecule has 3 saturated heterocycles. The Morgan fingerprint density at radius 1 is 0.474 bits per heavy atom. The molecule has 12 unspecified atom stereocenters. The topological polar surface area (TPSA) is 289 Å². The molecule has 20 aliphatic rings. The Morgan fingerprint density at radius 3 is 1.39 bits per heavy atom. The first-order valence-corrected chi connectivity index (χ1v) is 41.2. The molecule has 32 heteroatoms. The molecule has 17 saturated carbocycles. The maximum Gasteiger partial charge on any atom is 0.378 e. The zero-order chi connectivity index (χ0) is 83.9. The van der Waals surface area contributed by atoms with Gasteiger partial charge in [0, 0.05) is 82.0 Å². The molecule has 0 amide bonds. The predicted octanol–water partition coefficient (Wildman–Crippen LogP) is 13.9. The van der Waals surface area contributed by atoms with Crippen LogP contribution in [0.3, 0.4) is 0 Å². The van der Waals surface area contributed by atoms with Crippen molar-refractivity contribution in [2.45, 2.75) is 292 Å². The number of benzene rings is 1. The van der Waals surface area contributed by atoms with E-state index in [1.54, 1.807) is 0 Å². The van der Waals surface area contributed by atoms with Crippen LogP contribution in [0.1, 0.15) is 226 Å². The summed E-state index contributed by atoms with van der Waals surface area (Å²) in [6.07, 6.45) is 17.8. The Balaban J connectivity index is 0.000000148. The zero-order valence-corrected chi connectivity index (χ0v) is 66.3. The maximum atomic E-state index is 14.0. The van der Waals surface area contributed by atoms with Gasteiger partial charge in [0.05, 0.1) is 37.1 Å². The highest BCUT2D eigenvalue weighted by Gasteiger charge is 2.71. The molecule has 22 nitrogen and oxygen atoms in total. The SMILES string of the molecule is CC(F)(F)C(=O)OC12CC3CC(C1)C1(OC(COC(=O)C45CC6CC(C4)C(=O)C(C6)C5)C(COC(=O)C45CC6CC(C4)C(=O)C(C6)C5)O1)C(C3)C2.CC(F)(F)C(=O)OC1CC(=O)CO1.CC(F)(F)C(=O)OC1CCOC1=O.CC(F)(F)C(=O)OCC1CCCCC1.Cc1ccc(C23CC4CC(CC(COC(=O)C(C)(F)F)(C4)C2)C3)cc1. The third-order valence-corrected chi connectivity index (χ3v) is 27.8. The van der Waals surface area contributed by atoms with Gasteiger partial charge in [-0.15, -0.1) is 0 Å². The summed E-state index contributed by atoms with van der Waals surface area (Å²) in [5.41, 5.74) is 0.309. The number of ether oxygens (including phenoxy) is 11. The average Bonchev–Trinajstić information content (AvgIpc) is 1.37. The number of carbonyl (C=O) groups is 11. The number of alkyl halides is 10. The number of rotatable bonds is 19. The number of hydrogen-bond donors (Lipinski definition) is 0. The minimum Gasteiger partial charge on any atom is -0.463 e. The molecule has 0 aromatic heterocycles. The van der Waals surface area contributed by atoms with E-state index in [1.807, 2.05) is 0 Å². The fraction of sp³-hybridized carbons (Fsp3) is 0.798. The number of halogens is 10. The van der Waals surface area contributed by atoms with Crippen molar-refractivity contribution < 1.29 is 149 Å². The lowest BCUT2D eigenvalue weighted by Crippen LogP contribution is -2.65. The van der Waals surface area contributed by atoms with Crippen molar-refractivity contribution in [2.24, 2.45) is 87.3 Å². The van der Waals surface area contributed by atoms with E-state index >= 15 is 0 Å². The Hall–Kier alpha value is -6.83. The molecule has 1 spiro atoms. The summed E-state index contributed by atoms with van der Waals surface area (Å²) in [5, 5.41) is 0. The van der Waals surface area contributed by atoms with Crippen LogP contribution in [-0.4, -0.2) is 170 Å². The Kier molecular flexibility index (Phi) is 24.5. The van der Waals surface area contributed by atoms with Crippen molar-refractivity contribution in [3.8, 4) is 0 Å². The Morgan fingerprint density at radius 2 is 0.940 bits per heavy atom. The summed E-state index contributed by atoms with van der Waals surface area (Å²) in [4.78, 5) is 131. The van der Waals surface area contributed by atoms with Crippen LogP contribution in [0.2, 0.25) is 0 Å². The summed E-state index contributed by atoms with van der Waals surface area (Å²) < 4.78 is 187. The van der Waals surface area contributed by atoms with Crippen LogP contribution < -0.4 is 0 Å². The van der Waals surface area contributed by atoms with E-state index in [0.717, 1.165) is 96.3 Å². The summed E-state index contributed by atoms with van der Waals surface area (Å²) >= 11 is 0. The second-order valence-corrected chi connectivity index (χ2v) is 37.7. The molecule has 3 heterocycles. The molecule has 0 N–H and O–H groups in total. The van der Waals surface area contributed by atoms with Gasteiger partial charge >= 0.3 is 77.4 Å². The van der Waals surface area contributed by atoms with Crippen LogP contribution in [0.4, 0.5) is 43.9 Å². The summed E-state index contributed by atoms with van der Waals surface area (Å²) in [6, 6.07) is 8.81. The smallest absolute Gasteiger partial charge is 0.378 e. The minimum atomic E-state index is -3.60. The van der Waals surface area contributed by atoms with Crippen molar-refractivity contribution in [1.29, 1.82) is 0 Å². The average molecular weight is 1660 g/mol. The van der Waals surface area contributed by atoms with E-state index < -0.39 is 112 Å². The number of carbonyl (C=O) groups excluding carboxylic acids is 11.